The second kappa shape index (κ2) is 5.18. The van der Waals surface area contributed by atoms with Crippen molar-refractivity contribution in [2.24, 2.45) is 0 Å². The van der Waals surface area contributed by atoms with Crippen LogP contribution in [0, 0.1) is 0 Å². The zero-order valence-corrected chi connectivity index (χ0v) is 11.6. The first-order chi connectivity index (χ1) is 7.14. The predicted molar refractivity (Wildman–Crippen MR) is 70.9 cm³/mol. The van der Waals surface area contributed by atoms with Crippen LogP contribution in [-0.4, -0.2) is 15.5 Å². The average Bonchev–Trinajstić information content (AvgIpc) is 2.89. The van der Waals surface area contributed by atoms with Gasteiger partial charge in [0.25, 0.3) is 0 Å². The van der Waals surface area contributed by atoms with E-state index in [2.05, 4.69) is 5.32 Å². The molecule has 7 heteroatoms. The van der Waals surface area contributed by atoms with Gasteiger partial charge in [-0.2, -0.15) is 0 Å². The van der Waals surface area contributed by atoms with Crippen LogP contribution >= 0.6 is 35.1 Å². The monoisotopic (exact) mass is 295 g/mol. The van der Waals surface area contributed by atoms with Crippen molar-refractivity contribution in [1.82, 2.24) is 0 Å². The quantitative estimate of drug-likeness (QED) is 0.946. The van der Waals surface area contributed by atoms with Crippen LogP contribution in [0.15, 0.2) is 38.1 Å². The average molecular weight is 296 g/mol. The lowest BCUT2D eigenvalue weighted by atomic mass is 10.6. The van der Waals surface area contributed by atoms with E-state index in [1.54, 1.807) is 36.7 Å². The molecule has 0 unspecified atom stereocenters. The number of halogens is 1. The summed E-state index contributed by atoms with van der Waals surface area (Å²) in [6.45, 7) is 0. The SMILES string of the molecule is CNc1ccc(S(=O)(=O)c2cccs2)s1.Cl. The van der Waals surface area contributed by atoms with E-state index >= 15 is 0 Å². The summed E-state index contributed by atoms with van der Waals surface area (Å²) in [7, 11) is -1.52. The Labute approximate surface area is 108 Å². The minimum absolute atomic E-state index is 0. The molecule has 0 spiro atoms. The second-order valence-electron chi connectivity index (χ2n) is 2.80. The standard InChI is InChI=1S/C9H9NO2S3.ClH/c1-10-7-4-5-9(14-7)15(11,12)8-3-2-6-13-8;/h2-6,10H,1H3;1H. The van der Waals surface area contributed by atoms with E-state index < -0.39 is 9.84 Å². The topological polar surface area (TPSA) is 46.2 Å². The summed E-state index contributed by atoms with van der Waals surface area (Å²) in [5.74, 6) is 0. The van der Waals surface area contributed by atoms with Gasteiger partial charge in [-0.15, -0.1) is 35.1 Å². The molecule has 2 rings (SSSR count). The number of rotatable bonds is 3. The van der Waals surface area contributed by atoms with Gasteiger partial charge in [-0.05, 0) is 23.6 Å². The first kappa shape index (κ1) is 13.5. The van der Waals surface area contributed by atoms with Crippen molar-refractivity contribution in [3.05, 3.63) is 29.6 Å². The minimum Gasteiger partial charge on any atom is -0.380 e. The van der Waals surface area contributed by atoms with Crippen molar-refractivity contribution >= 4 is 49.9 Å². The molecule has 2 aromatic heterocycles. The highest BCUT2D eigenvalue weighted by Crippen LogP contribution is 2.32. The van der Waals surface area contributed by atoms with Gasteiger partial charge in [-0.1, -0.05) is 6.07 Å². The van der Waals surface area contributed by atoms with Gasteiger partial charge in [0, 0.05) is 7.05 Å². The molecular formula is C9H10ClNO2S3. The number of thiophene rings is 2. The van der Waals surface area contributed by atoms with Gasteiger partial charge in [0.1, 0.15) is 8.42 Å². The molecule has 0 atom stereocenters. The maximum absolute atomic E-state index is 12.0. The smallest absolute Gasteiger partial charge is 0.225 e. The molecular weight excluding hydrogens is 286 g/mol. The number of hydrogen-bond donors (Lipinski definition) is 1. The van der Waals surface area contributed by atoms with Crippen LogP contribution < -0.4 is 5.32 Å². The maximum Gasteiger partial charge on any atom is 0.225 e. The predicted octanol–water partition coefficient (Wildman–Crippen LogP) is 3.11. The van der Waals surface area contributed by atoms with Gasteiger partial charge >= 0.3 is 0 Å². The molecule has 0 saturated carbocycles. The van der Waals surface area contributed by atoms with Crippen molar-refractivity contribution in [1.29, 1.82) is 0 Å². The van der Waals surface area contributed by atoms with Gasteiger partial charge in [0.2, 0.25) is 9.84 Å². The van der Waals surface area contributed by atoms with E-state index in [-0.39, 0.29) is 12.4 Å². The number of sulfone groups is 1. The summed E-state index contributed by atoms with van der Waals surface area (Å²) in [5.41, 5.74) is 0. The Balaban J connectivity index is 0.00000128. The Kier molecular flexibility index (Phi) is 4.37. The number of hydrogen-bond acceptors (Lipinski definition) is 5. The van der Waals surface area contributed by atoms with Gasteiger partial charge in [-0.25, -0.2) is 8.42 Å². The van der Waals surface area contributed by atoms with E-state index in [0.29, 0.717) is 8.42 Å². The minimum atomic E-state index is -3.29. The number of nitrogens with one attached hydrogen (secondary N) is 1. The van der Waals surface area contributed by atoms with E-state index in [0.717, 1.165) is 5.00 Å². The van der Waals surface area contributed by atoms with Crippen LogP contribution in [0.25, 0.3) is 0 Å². The highest BCUT2D eigenvalue weighted by Gasteiger charge is 2.20. The molecule has 88 valence electrons. The van der Waals surface area contributed by atoms with Gasteiger partial charge < -0.3 is 5.32 Å². The third-order valence-corrected chi connectivity index (χ3v) is 6.60. The van der Waals surface area contributed by atoms with Gasteiger partial charge in [0.05, 0.1) is 5.00 Å². The van der Waals surface area contributed by atoms with Crippen LogP contribution in [0.5, 0.6) is 0 Å². The zero-order valence-electron chi connectivity index (χ0n) is 8.34. The van der Waals surface area contributed by atoms with E-state index in [1.165, 1.54) is 22.7 Å². The maximum atomic E-state index is 12.0. The summed E-state index contributed by atoms with van der Waals surface area (Å²) < 4.78 is 24.8. The normalized spacial score (nSPS) is 10.8. The number of anilines is 1. The third-order valence-electron chi connectivity index (χ3n) is 1.85. The third kappa shape index (κ3) is 2.40. The summed E-state index contributed by atoms with van der Waals surface area (Å²) >= 11 is 2.49. The van der Waals surface area contributed by atoms with Crippen LogP contribution in [0.4, 0.5) is 5.00 Å². The Morgan fingerprint density at radius 3 is 2.44 bits per heavy atom. The fraction of sp³-hybridized carbons (Fsp3) is 0.111. The fourth-order valence-electron chi connectivity index (χ4n) is 1.11. The molecule has 0 amide bonds. The lowest BCUT2D eigenvalue weighted by Gasteiger charge is -1.96. The molecule has 0 radical (unpaired) electrons. The lowest BCUT2D eigenvalue weighted by molar-refractivity contribution is 0.600. The Morgan fingerprint density at radius 1 is 1.19 bits per heavy atom. The largest absolute Gasteiger partial charge is 0.380 e. The molecule has 0 aliphatic carbocycles. The Morgan fingerprint density at radius 2 is 1.94 bits per heavy atom. The van der Waals surface area contributed by atoms with Crippen LogP contribution in [0.3, 0.4) is 0 Å². The van der Waals surface area contributed by atoms with Crippen LogP contribution in [0.1, 0.15) is 0 Å². The summed E-state index contributed by atoms with van der Waals surface area (Å²) in [6, 6.07) is 6.76. The summed E-state index contributed by atoms with van der Waals surface area (Å²) in [4.78, 5) is 0. The van der Waals surface area contributed by atoms with E-state index in [4.69, 9.17) is 0 Å². The van der Waals surface area contributed by atoms with Crippen LogP contribution in [0.2, 0.25) is 0 Å². The highest BCUT2D eigenvalue weighted by molar-refractivity contribution is 7.95. The van der Waals surface area contributed by atoms with E-state index in [1.807, 2.05) is 0 Å². The molecule has 0 bridgehead atoms. The van der Waals surface area contributed by atoms with Crippen molar-refractivity contribution in [3.63, 3.8) is 0 Å². The highest BCUT2D eigenvalue weighted by atomic mass is 35.5. The molecule has 2 heterocycles. The van der Waals surface area contributed by atoms with Crippen molar-refractivity contribution in [2.75, 3.05) is 12.4 Å². The first-order valence-corrected chi connectivity index (χ1v) is 7.38. The lowest BCUT2D eigenvalue weighted by Crippen LogP contribution is -1.95. The van der Waals surface area contributed by atoms with Crippen molar-refractivity contribution < 1.29 is 8.42 Å². The molecule has 2 aromatic rings. The molecule has 0 aliphatic rings. The molecule has 16 heavy (non-hydrogen) atoms. The molecule has 0 fully saturated rings. The summed E-state index contributed by atoms with van der Waals surface area (Å²) in [5, 5.41) is 5.54. The van der Waals surface area contributed by atoms with Gasteiger partial charge in [0.15, 0.2) is 0 Å². The Bertz CT molecular complexity index is 545. The van der Waals surface area contributed by atoms with Gasteiger partial charge in [-0.3, -0.25) is 0 Å². The molecule has 0 aliphatic heterocycles. The molecule has 1 N–H and O–H groups in total. The first-order valence-electron chi connectivity index (χ1n) is 4.21. The zero-order chi connectivity index (χ0) is 10.9. The van der Waals surface area contributed by atoms with Crippen LogP contribution in [-0.2, 0) is 9.84 Å². The Hall–Kier alpha value is -0.560. The molecule has 0 saturated heterocycles. The summed E-state index contributed by atoms with van der Waals surface area (Å²) in [6.07, 6.45) is 0. The van der Waals surface area contributed by atoms with E-state index in [9.17, 15) is 8.42 Å². The molecule has 0 aromatic carbocycles. The van der Waals surface area contributed by atoms with Crippen molar-refractivity contribution in [3.8, 4) is 0 Å². The second-order valence-corrected chi connectivity index (χ2v) is 7.24. The molecule has 3 nitrogen and oxygen atoms in total. The van der Waals surface area contributed by atoms with Crippen molar-refractivity contribution in [2.45, 2.75) is 8.42 Å². The fourth-order valence-corrected chi connectivity index (χ4v) is 4.94.